The fourth-order valence-corrected chi connectivity index (χ4v) is 1.09. The lowest BCUT2D eigenvalue weighted by molar-refractivity contribution is -0.115. The van der Waals surface area contributed by atoms with Crippen LogP contribution in [0.1, 0.15) is 13.8 Å². The molecule has 3 heteroatoms. The van der Waals surface area contributed by atoms with Crippen LogP contribution in [0.4, 0.5) is 0 Å². The molecule has 0 radical (unpaired) electrons. The van der Waals surface area contributed by atoms with E-state index in [9.17, 15) is 0 Å². The summed E-state index contributed by atoms with van der Waals surface area (Å²) in [5.41, 5.74) is 1.02. The van der Waals surface area contributed by atoms with Gasteiger partial charge in [-0.1, -0.05) is 19.1 Å². The lowest BCUT2D eigenvalue weighted by Crippen LogP contribution is -2.42. The van der Waals surface area contributed by atoms with Crippen LogP contribution in [-0.2, 0) is 9.47 Å². The number of methoxy groups -OCH3 is 2. The van der Waals surface area contributed by atoms with Crippen molar-refractivity contribution < 1.29 is 9.47 Å². The summed E-state index contributed by atoms with van der Waals surface area (Å²) in [6, 6.07) is 0.0741. The second-order valence-corrected chi connectivity index (χ2v) is 2.72. The van der Waals surface area contributed by atoms with Crippen molar-refractivity contribution in [1.82, 2.24) is 5.32 Å². The van der Waals surface area contributed by atoms with Crippen LogP contribution in [0.25, 0.3) is 0 Å². The van der Waals surface area contributed by atoms with Crippen molar-refractivity contribution in [2.24, 2.45) is 0 Å². The summed E-state index contributed by atoms with van der Waals surface area (Å²) in [6.07, 6.45) is -0.248. The normalized spacial score (nSPS) is 13.4. The number of ether oxygens (including phenoxy) is 2. The maximum atomic E-state index is 5.13. The molecule has 0 spiro atoms. The molecule has 0 aromatic heterocycles. The Bertz CT molecular complexity index is 132. The van der Waals surface area contributed by atoms with E-state index >= 15 is 0 Å². The van der Waals surface area contributed by atoms with Gasteiger partial charge in [0.25, 0.3) is 0 Å². The van der Waals surface area contributed by atoms with Gasteiger partial charge >= 0.3 is 0 Å². The third kappa shape index (κ3) is 3.34. The van der Waals surface area contributed by atoms with Crippen molar-refractivity contribution in [2.75, 3.05) is 20.8 Å². The van der Waals surface area contributed by atoms with E-state index < -0.39 is 0 Å². The third-order valence-electron chi connectivity index (χ3n) is 1.69. The number of hydrogen-bond acceptors (Lipinski definition) is 3. The maximum Gasteiger partial charge on any atom is 0.175 e. The van der Waals surface area contributed by atoms with E-state index in [1.54, 1.807) is 14.2 Å². The molecular formula is C9H19NO2. The molecule has 0 heterocycles. The summed E-state index contributed by atoms with van der Waals surface area (Å²) < 4.78 is 10.3. The summed E-state index contributed by atoms with van der Waals surface area (Å²) in [6.45, 7) is 8.74. The molecule has 1 atom stereocenters. The first-order valence-electron chi connectivity index (χ1n) is 4.11. The van der Waals surface area contributed by atoms with Crippen LogP contribution >= 0.6 is 0 Å². The molecule has 0 saturated carbocycles. The first-order valence-corrected chi connectivity index (χ1v) is 4.11. The highest BCUT2D eigenvalue weighted by Gasteiger charge is 2.19. The van der Waals surface area contributed by atoms with Gasteiger partial charge < -0.3 is 14.8 Å². The average molecular weight is 173 g/mol. The Morgan fingerprint density at radius 3 is 2.17 bits per heavy atom. The number of hydrogen-bond donors (Lipinski definition) is 1. The minimum Gasteiger partial charge on any atom is -0.354 e. The molecule has 0 fully saturated rings. The van der Waals surface area contributed by atoms with E-state index in [1.165, 1.54) is 0 Å². The van der Waals surface area contributed by atoms with Crippen molar-refractivity contribution in [3.63, 3.8) is 0 Å². The molecule has 1 unspecified atom stereocenters. The predicted octanol–water partition coefficient (Wildman–Crippen LogP) is 1.16. The van der Waals surface area contributed by atoms with Gasteiger partial charge in [-0.3, -0.25) is 0 Å². The topological polar surface area (TPSA) is 30.5 Å². The monoisotopic (exact) mass is 173 g/mol. The number of rotatable bonds is 6. The van der Waals surface area contributed by atoms with Gasteiger partial charge in [0.2, 0.25) is 0 Å². The van der Waals surface area contributed by atoms with E-state index in [0.29, 0.717) is 0 Å². The molecule has 72 valence electrons. The summed E-state index contributed by atoms with van der Waals surface area (Å²) >= 11 is 0. The fraction of sp³-hybridized carbons (Fsp3) is 0.778. The molecule has 0 aromatic carbocycles. The second kappa shape index (κ2) is 6.17. The molecule has 0 saturated heterocycles. The third-order valence-corrected chi connectivity index (χ3v) is 1.69. The Kier molecular flexibility index (Phi) is 5.98. The van der Waals surface area contributed by atoms with Crippen LogP contribution in [-0.4, -0.2) is 33.1 Å². The molecule has 0 bridgehead atoms. The minimum atomic E-state index is -0.248. The van der Waals surface area contributed by atoms with Gasteiger partial charge in [-0.2, -0.15) is 0 Å². The van der Waals surface area contributed by atoms with Crippen molar-refractivity contribution in [2.45, 2.75) is 26.2 Å². The van der Waals surface area contributed by atoms with Crippen LogP contribution in [0.3, 0.4) is 0 Å². The number of nitrogens with one attached hydrogen (secondary N) is 1. The number of likely N-dealkylation sites (N-methyl/N-ethyl adjacent to an activating group) is 1. The van der Waals surface area contributed by atoms with E-state index in [2.05, 4.69) is 11.9 Å². The molecule has 0 aliphatic rings. The molecule has 0 aliphatic carbocycles. The molecule has 0 rings (SSSR count). The summed E-state index contributed by atoms with van der Waals surface area (Å²) in [4.78, 5) is 0. The van der Waals surface area contributed by atoms with Crippen molar-refractivity contribution >= 4 is 0 Å². The van der Waals surface area contributed by atoms with Crippen LogP contribution in [0.5, 0.6) is 0 Å². The van der Waals surface area contributed by atoms with Gasteiger partial charge in [0, 0.05) is 14.2 Å². The molecule has 0 aliphatic heterocycles. The Morgan fingerprint density at radius 1 is 1.42 bits per heavy atom. The zero-order valence-corrected chi connectivity index (χ0v) is 8.39. The van der Waals surface area contributed by atoms with Crippen LogP contribution < -0.4 is 5.32 Å². The van der Waals surface area contributed by atoms with E-state index in [0.717, 1.165) is 12.1 Å². The molecule has 1 N–H and O–H groups in total. The summed E-state index contributed by atoms with van der Waals surface area (Å²) in [7, 11) is 3.25. The largest absolute Gasteiger partial charge is 0.354 e. The lowest BCUT2D eigenvalue weighted by Gasteiger charge is -2.25. The molecule has 3 nitrogen and oxygen atoms in total. The maximum absolute atomic E-state index is 5.13. The second-order valence-electron chi connectivity index (χ2n) is 2.72. The highest BCUT2D eigenvalue weighted by Crippen LogP contribution is 2.07. The summed E-state index contributed by atoms with van der Waals surface area (Å²) in [5, 5.41) is 3.23. The Morgan fingerprint density at radius 2 is 1.92 bits per heavy atom. The Hall–Kier alpha value is -0.380. The van der Waals surface area contributed by atoms with Gasteiger partial charge in [-0.05, 0) is 13.5 Å². The van der Waals surface area contributed by atoms with Gasteiger partial charge in [0.05, 0.1) is 6.04 Å². The minimum absolute atomic E-state index is 0.0741. The Balaban J connectivity index is 4.15. The van der Waals surface area contributed by atoms with E-state index in [-0.39, 0.29) is 12.3 Å². The highest BCUT2D eigenvalue weighted by atomic mass is 16.7. The first kappa shape index (κ1) is 11.6. The lowest BCUT2D eigenvalue weighted by atomic mass is 10.1. The smallest absolute Gasteiger partial charge is 0.175 e. The molecular weight excluding hydrogens is 154 g/mol. The van der Waals surface area contributed by atoms with Crippen molar-refractivity contribution in [3.8, 4) is 0 Å². The first-order chi connectivity index (χ1) is 5.67. The van der Waals surface area contributed by atoms with E-state index in [4.69, 9.17) is 9.47 Å². The Labute approximate surface area is 74.7 Å². The SMILES string of the molecule is C=C(C)C(NCC)C(OC)OC. The fourth-order valence-electron chi connectivity index (χ4n) is 1.09. The highest BCUT2D eigenvalue weighted by molar-refractivity contribution is 5.03. The molecule has 0 aromatic rings. The van der Waals surface area contributed by atoms with Gasteiger partial charge in [0.1, 0.15) is 0 Å². The zero-order chi connectivity index (χ0) is 9.56. The molecule has 0 amide bonds. The van der Waals surface area contributed by atoms with Crippen LogP contribution in [0.2, 0.25) is 0 Å². The van der Waals surface area contributed by atoms with Gasteiger partial charge in [0.15, 0.2) is 6.29 Å². The molecule has 12 heavy (non-hydrogen) atoms. The van der Waals surface area contributed by atoms with Gasteiger partial charge in [-0.15, -0.1) is 0 Å². The van der Waals surface area contributed by atoms with Gasteiger partial charge in [-0.25, -0.2) is 0 Å². The van der Waals surface area contributed by atoms with Crippen LogP contribution in [0, 0.1) is 0 Å². The quantitative estimate of drug-likeness (QED) is 0.483. The standard InChI is InChI=1S/C9H19NO2/c1-6-10-8(7(2)3)9(11-4)12-5/h8-10H,2,6H2,1,3-5H3. The average Bonchev–Trinajstić information content (AvgIpc) is 2.05. The predicted molar refractivity (Wildman–Crippen MR) is 50.1 cm³/mol. The van der Waals surface area contributed by atoms with Crippen molar-refractivity contribution in [1.29, 1.82) is 0 Å². The van der Waals surface area contributed by atoms with Crippen molar-refractivity contribution in [3.05, 3.63) is 12.2 Å². The van der Waals surface area contributed by atoms with Crippen LogP contribution in [0.15, 0.2) is 12.2 Å². The summed E-state index contributed by atoms with van der Waals surface area (Å²) in [5.74, 6) is 0. The van der Waals surface area contributed by atoms with E-state index in [1.807, 2.05) is 13.8 Å². The zero-order valence-electron chi connectivity index (χ0n) is 8.39.